The molecular weight excluding hydrogens is 184 g/mol. The molecule has 0 saturated carbocycles. The van der Waals surface area contributed by atoms with Crippen LogP contribution in [-0.2, 0) is 0 Å². The Balaban J connectivity index is 2.00. The Morgan fingerprint density at radius 2 is 2.20 bits per heavy atom. The van der Waals surface area contributed by atoms with E-state index in [1.54, 1.807) is 0 Å². The number of hydrogen-bond acceptors (Lipinski definition) is 1. The van der Waals surface area contributed by atoms with Gasteiger partial charge in [0, 0.05) is 24.2 Å². The number of likely N-dealkylation sites (tertiary alicyclic amines) is 1. The van der Waals surface area contributed by atoms with Crippen molar-refractivity contribution in [3.63, 3.8) is 0 Å². The van der Waals surface area contributed by atoms with Crippen LogP contribution < -0.4 is 0 Å². The van der Waals surface area contributed by atoms with Gasteiger partial charge in [-0.2, -0.15) is 0 Å². The molecule has 2 aliphatic rings. The predicted octanol–water partition coefficient (Wildman–Crippen LogP) is 2.58. The van der Waals surface area contributed by atoms with Crippen molar-refractivity contribution in [2.45, 2.75) is 32.7 Å². The summed E-state index contributed by atoms with van der Waals surface area (Å²) in [6.07, 6.45) is 3.54. The lowest BCUT2D eigenvalue weighted by Crippen LogP contribution is -2.39. The summed E-state index contributed by atoms with van der Waals surface area (Å²) in [7, 11) is 0. The monoisotopic (exact) mass is 204 g/mol. The highest BCUT2D eigenvalue weighted by Gasteiger charge is 2.40. The highest BCUT2D eigenvalue weighted by atomic mass is 15.2. The van der Waals surface area contributed by atoms with E-state index in [2.05, 4.69) is 36.6 Å². The van der Waals surface area contributed by atoms with Gasteiger partial charge >= 0.3 is 0 Å². The maximum Gasteiger partial charge on any atom is 0.235 e. The van der Waals surface area contributed by atoms with Crippen molar-refractivity contribution in [2.75, 3.05) is 19.6 Å². The van der Waals surface area contributed by atoms with Crippen LogP contribution in [0.2, 0.25) is 0 Å². The van der Waals surface area contributed by atoms with Crippen molar-refractivity contribution in [1.29, 1.82) is 0 Å². The number of fused-ring (bicyclic) bond motifs is 1. The molecule has 2 atom stereocenters. The second kappa shape index (κ2) is 3.64. The summed E-state index contributed by atoms with van der Waals surface area (Å²) in [5.41, 5.74) is 1.69. The zero-order chi connectivity index (χ0) is 11.1. The zero-order valence-corrected chi connectivity index (χ0v) is 9.95. The fourth-order valence-electron chi connectivity index (χ4n) is 2.78. The van der Waals surface area contributed by atoms with Crippen LogP contribution in [0.4, 0.5) is 0 Å². The molecule has 1 heterocycles. The average Bonchev–Trinajstić information content (AvgIpc) is 2.59. The van der Waals surface area contributed by atoms with Gasteiger partial charge in [0.15, 0.2) is 0 Å². The highest BCUT2D eigenvalue weighted by molar-refractivity contribution is 5.20. The second-order valence-electron chi connectivity index (χ2n) is 5.85. The first-order chi connectivity index (χ1) is 7.00. The molecule has 0 aromatic heterocycles. The fourth-order valence-corrected chi connectivity index (χ4v) is 2.78. The molecule has 1 fully saturated rings. The molecule has 1 saturated heterocycles. The smallest absolute Gasteiger partial charge is 0.235 e. The number of nitrogens with zero attached hydrogens (tertiary/aromatic N) is 2. The lowest BCUT2D eigenvalue weighted by molar-refractivity contribution is 0.165. The van der Waals surface area contributed by atoms with Crippen LogP contribution in [0.1, 0.15) is 27.2 Å². The minimum atomic E-state index is 0.304. The summed E-state index contributed by atoms with van der Waals surface area (Å²) in [5, 5.41) is 0. The molecule has 2 unspecified atom stereocenters. The van der Waals surface area contributed by atoms with Crippen molar-refractivity contribution in [3.8, 4) is 0 Å². The van der Waals surface area contributed by atoms with Gasteiger partial charge in [-0.3, -0.25) is 4.90 Å². The SMILES string of the molecule is [C-]#[N+]CC1=CC2CN(C(C)(C)C)CC2C1. The first-order valence-electron chi connectivity index (χ1n) is 5.78. The van der Waals surface area contributed by atoms with E-state index in [0.29, 0.717) is 12.1 Å². The van der Waals surface area contributed by atoms with Crippen molar-refractivity contribution < 1.29 is 0 Å². The van der Waals surface area contributed by atoms with Gasteiger partial charge < -0.3 is 4.85 Å². The molecule has 2 heteroatoms. The Bertz CT molecular complexity index is 316. The molecule has 2 nitrogen and oxygen atoms in total. The fraction of sp³-hybridized carbons (Fsp3) is 0.769. The van der Waals surface area contributed by atoms with Gasteiger partial charge in [0.1, 0.15) is 0 Å². The summed E-state index contributed by atoms with van der Waals surface area (Å²) < 4.78 is 0. The molecule has 15 heavy (non-hydrogen) atoms. The molecule has 1 aliphatic heterocycles. The summed E-state index contributed by atoms with van der Waals surface area (Å²) in [6, 6.07) is 0. The van der Waals surface area contributed by atoms with Gasteiger partial charge in [-0.1, -0.05) is 6.08 Å². The van der Waals surface area contributed by atoms with Gasteiger partial charge in [0.25, 0.3) is 0 Å². The van der Waals surface area contributed by atoms with Gasteiger partial charge in [-0.25, -0.2) is 6.57 Å². The molecule has 82 valence electrons. The van der Waals surface area contributed by atoms with Gasteiger partial charge in [0.05, 0.1) is 0 Å². The summed E-state index contributed by atoms with van der Waals surface area (Å²) in [6.45, 7) is 16.8. The van der Waals surface area contributed by atoms with E-state index in [1.807, 2.05) is 0 Å². The topological polar surface area (TPSA) is 7.60 Å². The van der Waals surface area contributed by atoms with Crippen molar-refractivity contribution in [1.82, 2.24) is 4.90 Å². The Labute approximate surface area is 92.8 Å². The van der Waals surface area contributed by atoms with Gasteiger partial charge in [0.2, 0.25) is 6.54 Å². The minimum Gasteiger partial charge on any atom is -0.312 e. The van der Waals surface area contributed by atoms with E-state index in [4.69, 9.17) is 6.57 Å². The molecule has 1 aliphatic carbocycles. The Hall–Kier alpha value is -0.810. The second-order valence-corrected chi connectivity index (χ2v) is 5.85. The predicted molar refractivity (Wildman–Crippen MR) is 62.5 cm³/mol. The Morgan fingerprint density at radius 3 is 2.73 bits per heavy atom. The molecule has 0 N–H and O–H groups in total. The van der Waals surface area contributed by atoms with E-state index in [0.717, 1.165) is 11.8 Å². The van der Waals surface area contributed by atoms with Crippen molar-refractivity contribution in [3.05, 3.63) is 23.1 Å². The molecule has 0 radical (unpaired) electrons. The molecule has 0 amide bonds. The average molecular weight is 204 g/mol. The van der Waals surface area contributed by atoms with E-state index < -0.39 is 0 Å². The lowest BCUT2D eigenvalue weighted by Gasteiger charge is -2.32. The van der Waals surface area contributed by atoms with E-state index in [-0.39, 0.29) is 0 Å². The summed E-state index contributed by atoms with van der Waals surface area (Å²) >= 11 is 0. The summed E-state index contributed by atoms with van der Waals surface area (Å²) in [5.74, 6) is 1.52. The maximum atomic E-state index is 6.89. The molecule has 0 aromatic rings. The van der Waals surface area contributed by atoms with Crippen LogP contribution in [0.5, 0.6) is 0 Å². The van der Waals surface area contributed by atoms with Crippen LogP contribution in [0.25, 0.3) is 4.85 Å². The van der Waals surface area contributed by atoms with E-state index in [1.165, 1.54) is 25.1 Å². The first kappa shape index (κ1) is 10.7. The van der Waals surface area contributed by atoms with Crippen LogP contribution >= 0.6 is 0 Å². The molecule has 2 rings (SSSR count). The van der Waals surface area contributed by atoms with Crippen LogP contribution in [0.15, 0.2) is 11.6 Å². The van der Waals surface area contributed by atoms with Crippen LogP contribution in [0.3, 0.4) is 0 Å². The third kappa shape index (κ3) is 2.08. The standard InChI is InChI=1S/C13H20N2/c1-13(2,3)15-8-11-5-10(7-14-4)6-12(11)9-15/h5,11-12H,6-9H2,1-3H3. The number of rotatable bonds is 1. The normalized spacial score (nSPS) is 31.2. The largest absolute Gasteiger partial charge is 0.312 e. The van der Waals surface area contributed by atoms with E-state index in [9.17, 15) is 0 Å². The van der Waals surface area contributed by atoms with Crippen LogP contribution in [0, 0.1) is 18.4 Å². The highest BCUT2D eigenvalue weighted by Crippen LogP contribution is 2.39. The third-order valence-corrected chi connectivity index (χ3v) is 3.70. The Morgan fingerprint density at radius 1 is 1.47 bits per heavy atom. The maximum absolute atomic E-state index is 6.89. The Kier molecular flexibility index (Phi) is 2.60. The first-order valence-corrected chi connectivity index (χ1v) is 5.78. The molecular formula is C13H20N2. The lowest BCUT2D eigenvalue weighted by atomic mass is 10.00. The van der Waals surface area contributed by atoms with Crippen molar-refractivity contribution in [2.24, 2.45) is 11.8 Å². The van der Waals surface area contributed by atoms with Gasteiger partial charge in [-0.15, -0.1) is 0 Å². The molecule has 0 bridgehead atoms. The molecule has 0 aromatic carbocycles. The molecule has 0 spiro atoms. The quantitative estimate of drug-likeness (QED) is 0.470. The minimum absolute atomic E-state index is 0.304. The summed E-state index contributed by atoms with van der Waals surface area (Å²) in [4.78, 5) is 6.06. The number of hydrogen-bond donors (Lipinski definition) is 0. The van der Waals surface area contributed by atoms with Crippen LogP contribution in [-0.4, -0.2) is 30.1 Å². The van der Waals surface area contributed by atoms with E-state index >= 15 is 0 Å². The van der Waals surface area contributed by atoms with Gasteiger partial charge in [-0.05, 0) is 39.0 Å². The zero-order valence-electron chi connectivity index (χ0n) is 9.95. The third-order valence-electron chi connectivity index (χ3n) is 3.70. The van der Waals surface area contributed by atoms with Crippen molar-refractivity contribution >= 4 is 0 Å².